The standard InChI is InChI=1S/C15H20N4O3/c16-15(17)18-10-4-7-12(14(21)22)19-13(20)9-8-11-5-2-1-3-6-11/h1-3,5-6,8-9,12H,4,7,10H2,(H,19,20)(H,21,22)(H4,16,17,18)/b9-8+/t12-/m0/s1. The fraction of sp³-hybridized carbons (Fsp3) is 0.267. The summed E-state index contributed by atoms with van der Waals surface area (Å²) in [5, 5.41) is 11.5. The number of hydrogen-bond donors (Lipinski definition) is 4. The van der Waals surface area contributed by atoms with Crippen LogP contribution in [-0.2, 0) is 9.59 Å². The molecular weight excluding hydrogens is 284 g/mol. The molecule has 118 valence electrons. The second-order valence-corrected chi connectivity index (χ2v) is 4.59. The van der Waals surface area contributed by atoms with Gasteiger partial charge < -0.3 is 21.9 Å². The van der Waals surface area contributed by atoms with Gasteiger partial charge in [0.2, 0.25) is 5.91 Å². The topological polar surface area (TPSA) is 131 Å². The van der Waals surface area contributed by atoms with Crippen LogP contribution in [0.2, 0.25) is 0 Å². The van der Waals surface area contributed by atoms with E-state index in [9.17, 15) is 9.59 Å². The summed E-state index contributed by atoms with van der Waals surface area (Å²) in [4.78, 5) is 26.6. The van der Waals surface area contributed by atoms with Gasteiger partial charge in [-0.05, 0) is 24.5 Å². The van der Waals surface area contributed by atoms with Crippen LogP contribution in [0.1, 0.15) is 18.4 Å². The Balaban J connectivity index is 2.48. The molecule has 1 atom stereocenters. The summed E-state index contributed by atoms with van der Waals surface area (Å²) >= 11 is 0. The third-order valence-corrected chi connectivity index (χ3v) is 2.79. The molecule has 1 amide bonds. The predicted octanol–water partition coefficient (Wildman–Crippen LogP) is 0.323. The number of carboxylic acids is 1. The van der Waals surface area contributed by atoms with E-state index in [2.05, 4.69) is 10.3 Å². The summed E-state index contributed by atoms with van der Waals surface area (Å²) in [5.41, 5.74) is 11.2. The summed E-state index contributed by atoms with van der Waals surface area (Å²) in [7, 11) is 0. The summed E-state index contributed by atoms with van der Waals surface area (Å²) < 4.78 is 0. The molecule has 1 aromatic carbocycles. The highest BCUT2D eigenvalue weighted by molar-refractivity contribution is 5.94. The van der Waals surface area contributed by atoms with E-state index < -0.39 is 17.9 Å². The van der Waals surface area contributed by atoms with Crippen molar-refractivity contribution >= 4 is 23.9 Å². The second-order valence-electron chi connectivity index (χ2n) is 4.59. The minimum Gasteiger partial charge on any atom is -0.480 e. The number of rotatable bonds is 8. The lowest BCUT2D eigenvalue weighted by molar-refractivity contribution is -0.141. The number of aliphatic carboxylic acids is 1. The van der Waals surface area contributed by atoms with Crippen LogP contribution >= 0.6 is 0 Å². The van der Waals surface area contributed by atoms with Crippen molar-refractivity contribution in [2.45, 2.75) is 18.9 Å². The molecule has 0 unspecified atom stereocenters. The van der Waals surface area contributed by atoms with Gasteiger partial charge >= 0.3 is 5.97 Å². The predicted molar refractivity (Wildman–Crippen MR) is 85.0 cm³/mol. The Morgan fingerprint density at radius 3 is 2.55 bits per heavy atom. The Morgan fingerprint density at radius 2 is 1.95 bits per heavy atom. The zero-order valence-corrected chi connectivity index (χ0v) is 12.1. The first-order valence-corrected chi connectivity index (χ1v) is 6.81. The number of aliphatic imine (C=N–C) groups is 1. The minimum atomic E-state index is -1.09. The van der Waals surface area contributed by atoms with E-state index in [-0.39, 0.29) is 12.4 Å². The normalized spacial score (nSPS) is 11.8. The van der Waals surface area contributed by atoms with E-state index in [0.29, 0.717) is 13.0 Å². The molecule has 0 aromatic heterocycles. The summed E-state index contributed by atoms with van der Waals surface area (Å²) in [6.45, 7) is 0.321. The molecule has 1 rings (SSSR count). The van der Waals surface area contributed by atoms with E-state index in [4.69, 9.17) is 16.6 Å². The number of guanidine groups is 1. The fourth-order valence-electron chi connectivity index (χ4n) is 1.72. The first-order chi connectivity index (χ1) is 10.5. The van der Waals surface area contributed by atoms with Gasteiger partial charge in [0.05, 0.1) is 0 Å². The Hall–Kier alpha value is -2.83. The number of nitrogens with zero attached hydrogens (tertiary/aromatic N) is 1. The minimum absolute atomic E-state index is 0.0401. The monoisotopic (exact) mass is 304 g/mol. The molecule has 0 saturated heterocycles. The van der Waals surface area contributed by atoms with E-state index in [1.165, 1.54) is 6.08 Å². The van der Waals surface area contributed by atoms with Gasteiger partial charge in [-0.1, -0.05) is 30.3 Å². The molecule has 0 bridgehead atoms. The van der Waals surface area contributed by atoms with Crippen molar-refractivity contribution in [1.29, 1.82) is 0 Å². The molecule has 0 saturated carbocycles. The quantitative estimate of drug-likeness (QED) is 0.238. The Kier molecular flexibility index (Phi) is 7.18. The number of hydrogen-bond acceptors (Lipinski definition) is 3. The van der Waals surface area contributed by atoms with Gasteiger partial charge in [0.25, 0.3) is 0 Å². The van der Waals surface area contributed by atoms with Crippen molar-refractivity contribution in [3.05, 3.63) is 42.0 Å². The Labute approximate surface area is 128 Å². The van der Waals surface area contributed by atoms with Crippen molar-refractivity contribution < 1.29 is 14.7 Å². The van der Waals surface area contributed by atoms with Gasteiger partial charge in [0.1, 0.15) is 6.04 Å². The number of nitrogens with two attached hydrogens (primary N) is 2. The lowest BCUT2D eigenvalue weighted by Crippen LogP contribution is -2.40. The molecule has 0 aliphatic heterocycles. The lowest BCUT2D eigenvalue weighted by atomic mass is 10.1. The van der Waals surface area contributed by atoms with Crippen LogP contribution < -0.4 is 16.8 Å². The first-order valence-electron chi connectivity index (χ1n) is 6.81. The molecule has 1 aromatic rings. The number of amides is 1. The van der Waals surface area contributed by atoms with E-state index in [1.807, 2.05) is 30.3 Å². The second kappa shape index (κ2) is 9.17. The number of benzene rings is 1. The van der Waals surface area contributed by atoms with Gasteiger partial charge in [-0.3, -0.25) is 9.79 Å². The highest BCUT2D eigenvalue weighted by Gasteiger charge is 2.18. The number of carboxylic acid groups (broad SMARTS) is 1. The highest BCUT2D eigenvalue weighted by Crippen LogP contribution is 2.02. The number of nitrogens with one attached hydrogen (secondary N) is 1. The summed E-state index contributed by atoms with van der Waals surface area (Å²) in [6, 6.07) is 8.28. The van der Waals surface area contributed by atoms with Gasteiger partial charge in [-0.15, -0.1) is 0 Å². The first kappa shape index (κ1) is 17.2. The molecular formula is C15H20N4O3. The lowest BCUT2D eigenvalue weighted by Gasteiger charge is -2.12. The van der Waals surface area contributed by atoms with Crippen LogP contribution in [0.25, 0.3) is 6.08 Å². The molecule has 0 heterocycles. The molecule has 0 aliphatic rings. The van der Waals surface area contributed by atoms with Crippen LogP contribution in [-0.4, -0.2) is 35.5 Å². The molecule has 7 nitrogen and oxygen atoms in total. The average Bonchev–Trinajstić information content (AvgIpc) is 2.48. The summed E-state index contributed by atoms with van der Waals surface area (Å²) in [6.07, 6.45) is 3.63. The molecule has 0 aliphatic carbocycles. The van der Waals surface area contributed by atoms with Crippen molar-refractivity contribution in [2.75, 3.05) is 6.54 Å². The largest absolute Gasteiger partial charge is 0.480 e. The van der Waals surface area contributed by atoms with Crippen LogP contribution in [0.5, 0.6) is 0 Å². The van der Waals surface area contributed by atoms with Crippen molar-refractivity contribution in [2.24, 2.45) is 16.5 Å². The molecule has 22 heavy (non-hydrogen) atoms. The van der Waals surface area contributed by atoms with Crippen molar-refractivity contribution in [1.82, 2.24) is 5.32 Å². The van der Waals surface area contributed by atoms with Crippen LogP contribution in [0, 0.1) is 0 Å². The Morgan fingerprint density at radius 1 is 1.27 bits per heavy atom. The highest BCUT2D eigenvalue weighted by atomic mass is 16.4. The van der Waals surface area contributed by atoms with Crippen molar-refractivity contribution in [3.8, 4) is 0 Å². The van der Waals surface area contributed by atoms with E-state index >= 15 is 0 Å². The van der Waals surface area contributed by atoms with Gasteiger partial charge in [-0.2, -0.15) is 0 Å². The SMILES string of the molecule is NC(N)=NCCC[C@H](NC(=O)/C=C/c1ccccc1)C(=O)O. The maximum absolute atomic E-state index is 11.7. The third-order valence-electron chi connectivity index (χ3n) is 2.79. The van der Waals surface area contributed by atoms with Gasteiger partial charge in [0.15, 0.2) is 5.96 Å². The summed E-state index contributed by atoms with van der Waals surface area (Å²) in [5.74, 6) is -1.59. The van der Waals surface area contributed by atoms with Gasteiger partial charge in [-0.25, -0.2) is 4.79 Å². The fourth-order valence-corrected chi connectivity index (χ4v) is 1.72. The van der Waals surface area contributed by atoms with Crippen molar-refractivity contribution in [3.63, 3.8) is 0 Å². The molecule has 6 N–H and O–H groups in total. The van der Waals surface area contributed by atoms with E-state index in [0.717, 1.165) is 5.56 Å². The van der Waals surface area contributed by atoms with Crippen LogP contribution in [0.15, 0.2) is 41.4 Å². The van der Waals surface area contributed by atoms with Crippen LogP contribution in [0.3, 0.4) is 0 Å². The zero-order valence-electron chi connectivity index (χ0n) is 12.1. The molecule has 7 heteroatoms. The zero-order chi connectivity index (χ0) is 16.4. The number of carbonyl (C=O) groups is 2. The smallest absolute Gasteiger partial charge is 0.326 e. The number of carbonyl (C=O) groups excluding carboxylic acids is 1. The molecule has 0 fully saturated rings. The molecule has 0 radical (unpaired) electrons. The average molecular weight is 304 g/mol. The van der Waals surface area contributed by atoms with Crippen LogP contribution in [0.4, 0.5) is 0 Å². The Bertz CT molecular complexity index is 551. The molecule has 0 spiro atoms. The maximum atomic E-state index is 11.7. The third kappa shape index (κ3) is 7.09. The maximum Gasteiger partial charge on any atom is 0.326 e. The van der Waals surface area contributed by atoms with Gasteiger partial charge in [0, 0.05) is 12.6 Å². The van der Waals surface area contributed by atoms with E-state index in [1.54, 1.807) is 6.08 Å².